The molecular formula is C13H14N2O2. The van der Waals surface area contributed by atoms with Gasteiger partial charge in [0, 0.05) is 6.20 Å². The van der Waals surface area contributed by atoms with Crippen LogP contribution in [0.25, 0.3) is 5.69 Å². The minimum atomic E-state index is -0.930. The van der Waals surface area contributed by atoms with Gasteiger partial charge in [-0.1, -0.05) is 19.1 Å². The summed E-state index contributed by atoms with van der Waals surface area (Å²) >= 11 is 0. The summed E-state index contributed by atoms with van der Waals surface area (Å²) in [6.07, 6.45) is 2.18. The van der Waals surface area contributed by atoms with E-state index in [9.17, 15) is 4.79 Å². The molecule has 1 heterocycles. The van der Waals surface area contributed by atoms with Gasteiger partial charge in [-0.25, -0.2) is 9.48 Å². The molecule has 0 aliphatic rings. The van der Waals surface area contributed by atoms with Gasteiger partial charge in [0.2, 0.25) is 0 Å². The second-order valence-corrected chi connectivity index (χ2v) is 3.93. The van der Waals surface area contributed by atoms with E-state index >= 15 is 0 Å². The predicted octanol–water partition coefficient (Wildman–Crippen LogP) is 2.44. The number of hydrogen-bond acceptors (Lipinski definition) is 2. The smallest absolute Gasteiger partial charge is 0.339 e. The molecule has 0 unspecified atom stereocenters. The Bertz CT molecular complexity index is 558. The highest BCUT2D eigenvalue weighted by Crippen LogP contribution is 2.14. The van der Waals surface area contributed by atoms with Gasteiger partial charge >= 0.3 is 5.97 Å². The second-order valence-electron chi connectivity index (χ2n) is 3.93. The summed E-state index contributed by atoms with van der Waals surface area (Å²) < 4.78 is 1.62. The van der Waals surface area contributed by atoms with E-state index in [0.29, 0.717) is 12.1 Å². The number of benzene rings is 1. The maximum atomic E-state index is 11.0. The fraction of sp³-hybridized carbons (Fsp3) is 0.231. The Balaban J connectivity index is 2.50. The molecule has 4 heteroatoms. The van der Waals surface area contributed by atoms with Gasteiger partial charge in [-0.2, -0.15) is 5.10 Å². The van der Waals surface area contributed by atoms with E-state index in [2.05, 4.69) is 5.10 Å². The zero-order valence-corrected chi connectivity index (χ0v) is 9.84. The van der Waals surface area contributed by atoms with Crippen LogP contribution in [0.1, 0.15) is 28.5 Å². The van der Waals surface area contributed by atoms with Crippen molar-refractivity contribution in [2.45, 2.75) is 20.3 Å². The Morgan fingerprint density at radius 3 is 2.76 bits per heavy atom. The molecule has 88 valence electrons. The first-order valence-corrected chi connectivity index (χ1v) is 5.50. The van der Waals surface area contributed by atoms with Crippen LogP contribution < -0.4 is 0 Å². The zero-order valence-electron chi connectivity index (χ0n) is 9.84. The molecule has 0 aliphatic carbocycles. The lowest BCUT2D eigenvalue weighted by Gasteiger charge is -2.01. The highest BCUT2D eigenvalue weighted by Gasteiger charge is 2.14. The number of rotatable bonds is 3. The Morgan fingerprint density at radius 1 is 1.47 bits per heavy atom. The molecule has 0 radical (unpaired) electrons. The molecule has 0 amide bonds. The van der Waals surface area contributed by atoms with Crippen LogP contribution in [0.4, 0.5) is 0 Å². The summed E-state index contributed by atoms with van der Waals surface area (Å²) in [6.45, 7) is 3.89. The van der Waals surface area contributed by atoms with E-state index in [0.717, 1.165) is 11.3 Å². The standard InChI is InChI=1S/C13H14N2O2/c1-3-12-11(13(16)17)8-15(14-12)10-6-4-5-9(2)7-10/h4-8H,3H2,1-2H3,(H,16,17). The first kappa shape index (κ1) is 11.4. The Morgan fingerprint density at radius 2 is 2.24 bits per heavy atom. The minimum absolute atomic E-state index is 0.272. The molecule has 0 bridgehead atoms. The monoisotopic (exact) mass is 230 g/mol. The number of aromatic carboxylic acids is 1. The Kier molecular flexibility index (Phi) is 2.95. The molecule has 2 rings (SSSR count). The van der Waals surface area contributed by atoms with Gasteiger partial charge in [-0.15, -0.1) is 0 Å². The average Bonchev–Trinajstić information content (AvgIpc) is 2.73. The van der Waals surface area contributed by atoms with Crippen molar-refractivity contribution in [2.24, 2.45) is 0 Å². The molecule has 0 fully saturated rings. The zero-order chi connectivity index (χ0) is 12.4. The quantitative estimate of drug-likeness (QED) is 0.881. The van der Waals surface area contributed by atoms with Crippen LogP contribution in [-0.4, -0.2) is 20.9 Å². The van der Waals surface area contributed by atoms with Gasteiger partial charge < -0.3 is 5.11 Å². The van der Waals surface area contributed by atoms with E-state index in [1.54, 1.807) is 10.9 Å². The van der Waals surface area contributed by atoms with Crippen molar-refractivity contribution in [3.63, 3.8) is 0 Å². The molecule has 4 nitrogen and oxygen atoms in total. The summed E-state index contributed by atoms with van der Waals surface area (Å²) in [7, 11) is 0. The van der Waals surface area contributed by atoms with Crippen LogP contribution in [0.2, 0.25) is 0 Å². The lowest BCUT2D eigenvalue weighted by atomic mass is 10.2. The molecule has 0 aliphatic heterocycles. The Hall–Kier alpha value is -2.10. The normalized spacial score (nSPS) is 10.5. The number of aromatic nitrogens is 2. The van der Waals surface area contributed by atoms with Crippen molar-refractivity contribution < 1.29 is 9.90 Å². The van der Waals surface area contributed by atoms with Crippen LogP contribution >= 0.6 is 0 Å². The van der Waals surface area contributed by atoms with E-state index in [1.165, 1.54) is 0 Å². The molecule has 1 aromatic heterocycles. The van der Waals surface area contributed by atoms with Gasteiger partial charge in [0.15, 0.2) is 0 Å². The average molecular weight is 230 g/mol. The molecule has 2 aromatic rings. The first-order valence-electron chi connectivity index (χ1n) is 5.50. The van der Waals surface area contributed by atoms with Gasteiger partial charge in [-0.05, 0) is 31.0 Å². The molecular weight excluding hydrogens is 216 g/mol. The largest absolute Gasteiger partial charge is 0.478 e. The molecule has 1 N–H and O–H groups in total. The highest BCUT2D eigenvalue weighted by atomic mass is 16.4. The molecule has 0 saturated heterocycles. The minimum Gasteiger partial charge on any atom is -0.478 e. The number of hydrogen-bond donors (Lipinski definition) is 1. The molecule has 17 heavy (non-hydrogen) atoms. The Labute approximate surface area is 99.5 Å². The number of nitrogens with zero attached hydrogens (tertiary/aromatic N) is 2. The number of carboxylic acids is 1. The van der Waals surface area contributed by atoms with Gasteiger partial charge in [0.1, 0.15) is 5.56 Å². The summed E-state index contributed by atoms with van der Waals surface area (Å²) in [5, 5.41) is 13.4. The molecule has 0 atom stereocenters. The maximum absolute atomic E-state index is 11.0. The van der Waals surface area contributed by atoms with Crippen LogP contribution in [-0.2, 0) is 6.42 Å². The van der Waals surface area contributed by atoms with Crippen molar-refractivity contribution in [3.05, 3.63) is 47.3 Å². The van der Waals surface area contributed by atoms with Crippen molar-refractivity contribution in [3.8, 4) is 5.69 Å². The predicted molar refractivity (Wildman–Crippen MR) is 64.6 cm³/mol. The van der Waals surface area contributed by atoms with E-state index in [1.807, 2.05) is 38.1 Å². The lowest BCUT2D eigenvalue weighted by molar-refractivity contribution is 0.0696. The molecule has 0 saturated carbocycles. The van der Waals surface area contributed by atoms with Crippen molar-refractivity contribution in [1.29, 1.82) is 0 Å². The molecule has 0 spiro atoms. The molecule has 1 aromatic carbocycles. The summed E-state index contributed by atoms with van der Waals surface area (Å²) in [6, 6.07) is 7.80. The van der Waals surface area contributed by atoms with Gasteiger partial charge in [0.25, 0.3) is 0 Å². The number of aryl methyl sites for hydroxylation is 2. The van der Waals surface area contributed by atoms with Gasteiger partial charge in [0.05, 0.1) is 11.4 Å². The van der Waals surface area contributed by atoms with Crippen molar-refractivity contribution in [2.75, 3.05) is 0 Å². The lowest BCUT2D eigenvalue weighted by Crippen LogP contribution is -1.98. The van der Waals surface area contributed by atoms with E-state index < -0.39 is 5.97 Å². The van der Waals surface area contributed by atoms with Gasteiger partial charge in [-0.3, -0.25) is 0 Å². The first-order chi connectivity index (χ1) is 8.11. The third-order valence-electron chi connectivity index (χ3n) is 2.62. The SMILES string of the molecule is CCc1nn(-c2cccc(C)c2)cc1C(=O)O. The van der Waals surface area contributed by atoms with E-state index in [4.69, 9.17) is 5.11 Å². The number of carbonyl (C=O) groups is 1. The maximum Gasteiger partial charge on any atom is 0.339 e. The van der Waals surface area contributed by atoms with E-state index in [-0.39, 0.29) is 5.56 Å². The van der Waals surface area contributed by atoms with Crippen molar-refractivity contribution >= 4 is 5.97 Å². The van der Waals surface area contributed by atoms with Crippen LogP contribution in [0, 0.1) is 6.92 Å². The van der Waals surface area contributed by atoms with Crippen LogP contribution in [0.5, 0.6) is 0 Å². The third kappa shape index (κ3) is 2.20. The third-order valence-corrected chi connectivity index (χ3v) is 2.62. The van der Waals surface area contributed by atoms with Crippen molar-refractivity contribution in [1.82, 2.24) is 9.78 Å². The van der Waals surface area contributed by atoms with Crippen LogP contribution in [0.15, 0.2) is 30.5 Å². The summed E-state index contributed by atoms with van der Waals surface area (Å²) in [5.74, 6) is -0.930. The summed E-state index contributed by atoms with van der Waals surface area (Å²) in [5.41, 5.74) is 2.88. The fourth-order valence-electron chi connectivity index (χ4n) is 1.75. The fourth-order valence-corrected chi connectivity index (χ4v) is 1.75. The summed E-state index contributed by atoms with van der Waals surface area (Å²) in [4.78, 5) is 11.0. The second kappa shape index (κ2) is 4.41. The number of carboxylic acid groups (broad SMARTS) is 1. The van der Waals surface area contributed by atoms with Crippen LogP contribution in [0.3, 0.4) is 0 Å². The topological polar surface area (TPSA) is 55.1 Å². The highest BCUT2D eigenvalue weighted by molar-refractivity contribution is 5.88.